The maximum Gasteiger partial charge on any atom is 0.0312 e. The van der Waals surface area contributed by atoms with Crippen molar-refractivity contribution in [2.45, 2.75) is 26.3 Å². The molecule has 0 aliphatic carbocycles. The van der Waals surface area contributed by atoms with E-state index in [1.165, 1.54) is 0 Å². The molecule has 0 fully saturated rings. The second-order valence-electron chi connectivity index (χ2n) is 3.12. The standard InChI is InChI=1S/C7H14ClN/c1-6(8)5-9-7(2,3)4/h9H,1,5H2,2-4H3. The lowest BCUT2D eigenvalue weighted by Crippen LogP contribution is -2.36. The maximum atomic E-state index is 5.53. The van der Waals surface area contributed by atoms with Gasteiger partial charge in [-0.15, -0.1) is 0 Å². The maximum absolute atomic E-state index is 5.53. The van der Waals surface area contributed by atoms with E-state index in [0.29, 0.717) is 11.6 Å². The van der Waals surface area contributed by atoms with Gasteiger partial charge in [0.2, 0.25) is 0 Å². The van der Waals surface area contributed by atoms with E-state index in [-0.39, 0.29) is 5.54 Å². The quantitative estimate of drug-likeness (QED) is 0.631. The minimum Gasteiger partial charge on any atom is -0.307 e. The molecule has 0 amide bonds. The highest BCUT2D eigenvalue weighted by molar-refractivity contribution is 6.29. The fourth-order valence-electron chi connectivity index (χ4n) is 0.361. The first-order valence-electron chi connectivity index (χ1n) is 3.00. The molecule has 1 N–H and O–H groups in total. The molecule has 0 aliphatic rings. The average molecular weight is 148 g/mol. The Morgan fingerprint density at radius 1 is 1.56 bits per heavy atom. The monoisotopic (exact) mass is 147 g/mol. The molecule has 2 heteroatoms. The van der Waals surface area contributed by atoms with Crippen LogP contribution in [-0.4, -0.2) is 12.1 Å². The van der Waals surface area contributed by atoms with Crippen LogP contribution in [-0.2, 0) is 0 Å². The molecular weight excluding hydrogens is 134 g/mol. The molecule has 0 atom stereocenters. The third-order valence-electron chi connectivity index (χ3n) is 0.811. The van der Waals surface area contributed by atoms with Crippen LogP contribution in [0.3, 0.4) is 0 Å². The Labute approximate surface area is 62.1 Å². The van der Waals surface area contributed by atoms with Crippen molar-refractivity contribution < 1.29 is 0 Å². The zero-order chi connectivity index (χ0) is 7.49. The molecule has 1 nitrogen and oxygen atoms in total. The molecule has 0 bridgehead atoms. The predicted molar refractivity (Wildman–Crippen MR) is 42.7 cm³/mol. The zero-order valence-corrected chi connectivity index (χ0v) is 7.05. The number of nitrogens with one attached hydrogen (secondary N) is 1. The molecule has 54 valence electrons. The van der Waals surface area contributed by atoms with Crippen LogP contribution in [0, 0.1) is 0 Å². The molecular formula is C7H14ClN. The second-order valence-corrected chi connectivity index (χ2v) is 3.66. The summed E-state index contributed by atoms with van der Waals surface area (Å²) in [4.78, 5) is 0. The normalized spacial score (nSPS) is 11.6. The molecule has 0 rings (SSSR count). The summed E-state index contributed by atoms with van der Waals surface area (Å²) < 4.78 is 0. The van der Waals surface area contributed by atoms with Crippen molar-refractivity contribution in [3.8, 4) is 0 Å². The molecule has 0 unspecified atom stereocenters. The predicted octanol–water partition coefficient (Wildman–Crippen LogP) is 2.13. The fraction of sp³-hybridized carbons (Fsp3) is 0.714. The number of halogens is 1. The van der Waals surface area contributed by atoms with Gasteiger partial charge in [0.15, 0.2) is 0 Å². The number of hydrogen-bond acceptors (Lipinski definition) is 1. The summed E-state index contributed by atoms with van der Waals surface area (Å²) >= 11 is 5.53. The van der Waals surface area contributed by atoms with Gasteiger partial charge in [-0.3, -0.25) is 0 Å². The van der Waals surface area contributed by atoms with E-state index in [1.54, 1.807) is 0 Å². The van der Waals surface area contributed by atoms with Crippen molar-refractivity contribution in [2.75, 3.05) is 6.54 Å². The van der Waals surface area contributed by atoms with Gasteiger partial charge in [0.05, 0.1) is 0 Å². The van der Waals surface area contributed by atoms with Crippen LogP contribution in [0.5, 0.6) is 0 Å². The van der Waals surface area contributed by atoms with Gasteiger partial charge in [0.25, 0.3) is 0 Å². The lowest BCUT2D eigenvalue weighted by molar-refractivity contribution is 0.448. The van der Waals surface area contributed by atoms with Gasteiger partial charge in [-0.25, -0.2) is 0 Å². The van der Waals surface area contributed by atoms with Crippen molar-refractivity contribution >= 4 is 11.6 Å². The van der Waals surface area contributed by atoms with E-state index in [2.05, 4.69) is 32.7 Å². The van der Waals surface area contributed by atoms with E-state index < -0.39 is 0 Å². The third kappa shape index (κ3) is 7.99. The highest BCUT2D eigenvalue weighted by Gasteiger charge is 2.07. The first-order valence-corrected chi connectivity index (χ1v) is 3.38. The van der Waals surface area contributed by atoms with Gasteiger partial charge >= 0.3 is 0 Å². The summed E-state index contributed by atoms with van der Waals surface area (Å²) in [6, 6.07) is 0. The van der Waals surface area contributed by atoms with E-state index in [1.807, 2.05) is 0 Å². The first kappa shape index (κ1) is 8.99. The molecule has 0 radical (unpaired) electrons. The summed E-state index contributed by atoms with van der Waals surface area (Å²) in [6.07, 6.45) is 0. The van der Waals surface area contributed by atoms with Gasteiger partial charge in [-0.2, -0.15) is 0 Å². The Balaban J connectivity index is 3.39. The van der Waals surface area contributed by atoms with Crippen molar-refractivity contribution in [3.63, 3.8) is 0 Å². The minimum absolute atomic E-state index is 0.137. The van der Waals surface area contributed by atoms with E-state index in [0.717, 1.165) is 0 Å². The summed E-state index contributed by atoms with van der Waals surface area (Å²) in [5.41, 5.74) is 0.137. The Morgan fingerprint density at radius 3 is 2.11 bits per heavy atom. The van der Waals surface area contributed by atoms with Crippen LogP contribution < -0.4 is 5.32 Å². The first-order chi connectivity index (χ1) is 3.92. The van der Waals surface area contributed by atoms with Gasteiger partial charge < -0.3 is 5.32 Å². The summed E-state index contributed by atoms with van der Waals surface area (Å²) in [5, 5.41) is 3.85. The average Bonchev–Trinajstić information content (AvgIpc) is 1.59. The van der Waals surface area contributed by atoms with E-state index >= 15 is 0 Å². The molecule has 0 heterocycles. The highest BCUT2D eigenvalue weighted by Crippen LogP contribution is 2.01. The Bertz CT molecular complexity index is 102. The largest absolute Gasteiger partial charge is 0.307 e. The Hall–Kier alpha value is -0.0100. The molecule has 0 spiro atoms. The minimum atomic E-state index is 0.137. The van der Waals surface area contributed by atoms with Gasteiger partial charge in [-0.05, 0) is 20.8 Å². The van der Waals surface area contributed by atoms with Gasteiger partial charge in [0, 0.05) is 17.1 Å². The van der Waals surface area contributed by atoms with E-state index in [4.69, 9.17) is 11.6 Å². The van der Waals surface area contributed by atoms with Gasteiger partial charge in [-0.1, -0.05) is 18.2 Å². The summed E-state index contributed by atoms with van der Waals surface area (Å²) in [7, 11) is 0. The second kappa shape index (κ2) is 3.23. The van der Waals surface area contributed by atoms with Crippen LogP contribution in [0.4, 0.5) is 0 Å². The van der Waals surface area contributed by atoms with Crippen LogP contribution in [0.2, 0.25) is 0 Å². The molecule has 9 heavy (non-hydrogen) atoms. The summed E-state index contributed by atoms with van der Waals surface area (Å²) in [5.74, 6) is 0. The zero-order valence-electron chi connectivity index (χ0n) is 6.29. The van der Waals surface area contributed by atoms with E-state index in [9.17, 15) is 0 Å². The molecule has 0 saturated carbocycles. The lowest BCUT2D eigenvalue weighted by atomic mass is 10.1. The molecule has 0 aromatic rings. The number of rotatable bonds is 2. The molecule has 0 aromatic carbocycles. The van der Waals surface area contributed by atoms with Crippen molar-refractivity contribution in [1.82, 2.24) is 5.32 Å². The van der Waals surface area contributed by atoms with Crippen LogP contribution in [0.25, 0.3) is 0 Å². The topological polar surface area (TPSA) is 12.0 Å². The molecule has 0 aliphatic heterocycles. The SMILES string of the molecule is C=C(Cl)CNC(C)(C)C. The molecule has 0 aromatic heterocycles. The number of hydrogen-bond donors (Lipinski definition) is 1. The lowest BCUT2D eigenvalue weighted by Gasteiger charge is -2.19. The van der Waals surface area contributed by atoms with Crippen LogP contribution >= 0.6 is 11.6 Å². The Kier molecular flexibility index (Phi) is 3.23. The molecule has 0 saturated heterocycles. The van der Waals surface area contributed by atoms with Crippen molar-refractivity contribution in [1.29, 1.82) is 0 Å². The van der Waals surface area contributed by atoms with Gasteiger partial charge in [0.1, 0.15) is 0 Å². The Morgan fingerprint density at radius 2 is 2.00 bits per heavy atom. The van der Waals surface area contributed by atoms with Crippen molar-refractivity contribution in [2.24, 2.45) is 0 Å². The fourth-order valence-corrected chi connectivity index (χ4v) is 0.428. The van der Waals surface area contributed by atoms with Crippen molar-refractivity contribution in [3.05, 3.63) is 11.6 Å². The smallest absolute Gasteiger partial charge is 0.0312 e. The summed E-state index contributed by atoms with van der Waals surface area (Å²) in [6.45, 7) is 10.5. The third-order valence-corrected chi connectivity index (χ3v) is 0.944. The van der Waals surface area contributed by atoms with Crippen LogP contribution in [0.1, 0.15) is 20.8 Å². The van der Waals surface area contributed by atoms with Crippen LogP contribution in [0.15, 0.2) is 11.6 Å². The highest BCUT2D eigenvalue weighted by atomic mass is 35.5.